The molecule has 0 aliphatic heterocycles. The Morgan fingerprint density at radius 3 is 2.25 bits per heavy atom. The molecule has 0 radical (unpaired) electrons. The van der Waals surface area contributed by atoms with Gasteiger partial charge in [0.05, 0.1) is 0 Å². The molecule has 0 amide bonds. The normalized spacial score (nSPS) is 49.5. The minimum absolute atomic E-state index is 0.198. The Morgan fingerprint density at radius 1 is 1.12 bits per heavy atom. The van der Waals surface area contributed by atoms with Crippen LogP contribution in [0.25, 0.3) is 0 Å². The van der Waals surface area contributed by atoms with E-state index in [-0.39, 0.29) is 5.54 Å². The molecule has 4 atom stereocenters. The Hall–Kier alpha value is -0.0400. The molecular weight excluding hydrogens is 194 g/mol. The van der Waals surface area contributed by atoms with Crippen molar-refractivity contribution in [2.45, 2.75) is 71.3 Å². The average Bonchev–Trinajstić information content (AvgIpc) is 2.60. The summed E-state index contributed by atoms with van der Waals surface area (Å²) in [6.45, 7) is 7.15. The summed E-state index contributed by atoms with van der Waals surface area (Å²) >= 11 is 0. The van der Waals surface area contributed by atoms with E-state index in [2.05, 4.69) is 20.8 Å². The fourth-order valence-electron chi connectivity index (χ4n) is 4.35. The van der Waals surface area contributed by atoms with Gasteiger partial charge < -0.3 is 5.73 Å². The smallest absolute Gasteiger partial charge is 0.0185 e. The lowest BCUT2D eigenvalue weighted by Gasteiger charge is -2.41. The summed E-state index contributed by atoms with van der Waals surface area (Å²) in [7, 11) is 0. The quantitative estimate of drug-likeness (QED) is 0.753. The van der Waals surface area contributed by atoms with Crippen molar-refractivity contribution in [1.82, 2.24) is 0 Å². The summed E-state index contributed by atoms with van der Waals surface area (Å²) in [5, 5.41) is 0. The molecule has 16 heavy (non-hydrogen) atoms. The van der Waals surface area contributed by atoms with Crippen LogP contribution in [0.5, 0.6) is 0 Å². The standard InChI is InChI=1S/C15H29N/c1-4-13-5-6-15(16,10-13)14-8-11(2)7-12(3)9-14/h11-14H,4-10,16H2,1-3H3. The van der Waals surface area contributed by atoms with Gasteiger partial charge in [0.15, 0.2) is 0 Å². The molecule has 0 heterocycles. The Kier molecular flexibility index (Phi) is 3.63. The van der Waals surface area contributed by atoms with Crippen molar-refractivity contribution < 1.29 is 0 Å². The van der Waals surface area contributed by atoms with Crippen molar-refractivity contribution in [3.8, 4) is 0 Å². The van der Waals surface area contributed by atoms with E-state index in [1.807, 2.05) is 0 Å². The van der Waals surface area contributed by atoms with Gasteiger partial charge in [-0.3, -0.25) is 0 Å². The summed E-state index contributed by atoms with van der Waals surface area (Å²) in [5.41, 5.74) is 6.92. The lowest BCUT2D eigenvalue weighted by molar-refractivity contribution is 0.134. The second-order valence-corrected chi connectivity index (χ2v) is 6.86. The number of hydrogen-bond donors (Lipinski definition) is 1. The van der Waals surface area contributed by atoms with Gasteiger partial charge in [0.25, 0.3) is 0 Å². The van der Waals surface area contributed by atoms with Crippen molar-refractivity contribution in [2.75, 3.05) is 0 Å². The van der Waals surface area contributed by atoms with Gasteiger partial charge in [0.1, 0.15) is 0 Å². The number of rotatable bonds is 2. The number of hydrogen-bond acceptors (Lipinski definition) is 1. The topological polar surface area (TPSA) is 26.0 Å². The summed E-state index contributed by atoms with van der Waals surface area (Å²) < 4.78 is 0. The van der Waals surface area contributed by atoms with Crippen LogP contribution in [0.3, 0.4) is 0 Å². The fraction of sp³-hybridized carbons (Fsp3) is 1.00. The van der Waals surface area contributed by atoms with Crippen LogP contribution in [0.15, 0.2) is 0 Å². The highest BCUT2D eigenvalue weighted by atomic mass is 14.8. The predicted octanol–water partition coefficient (Wildman–Crippen LogP) is 3.97. The molecule has 0 bridgehead atoms. The van der Waals surface area contributed by atoms with Crippen LogP contribution < -0.4 is 5.73 Å². The van der Waals surface area contributed by atoms with E-state index < -0.39 is 0 Å². The van der Waals surface area contributed by atoms with Crippen LogP contribution >= 0.6 is 0 Å². The maximum absolute atomic E-state index is 6.72. The van der Waals surface area contributed by atoms with Gasteiger partial charge >= 0.3 is 0 Å². The van der Waals surface area contributed by atoms with Gasteiger partial charge in [-0.15, -0.1) is 0 Å². The molecule has 1 nitrogen and oxygen atoms in total. The third-order valence-electron chi connectivity index (χ3n) is 5.26. The second kappa shape index (κ2) is 4.68. The first-order valence-corrected chi connectivity index (χ1v) is 7.32. The average molecular weight is 223 g/mol. The van der Waals surface area contributed by atoms with Crippen LogP contribution in [0.2, 0.25) is 0 Å². The molecule has 2 aliphatic carbocycles. The van der Waals surface area contributed by atoms with E-state index in [1.54, 1.807) is 0 Å². The van der Waals surface area contributed by atoms with E-state index in [4.69, 9.17) is 5.73 Å². The highest BCUT2D eigenvalue weighted by Crippen LogP contribution is 2.46. The Balaban J connectivity index is 2.00. The van der Waals surface area contributed by atoms with E-state index in [0.717, 1.165) is 23.7 Å². The summed E-state index contributed by atoms with van der Waals surface area (Å²) in [5.74, 6) is 3.52. The SMILES string of the molecule is CCC1CCC(N)(C2CC(C)CC(C)C2)C1. The molecule has 0 aromatic carbocycles. The van der Waals surface area contributed by atoms with E-state index in [9.17, 15) is 0 Å². The summed E-state index contributed by atoms with van der Waals surface area (Å²) in [6.07, 6.45) is 9.49. The Morgan fingerprint density at radius 2 is 1.75 bits per heavy atom. The first kappa shape index (κ1) is 12.4. The van der Waals surface area contributed by atoms with Gasteiger partial charge in [-0.1, -0.05) is 27.2 Å². The highest BCUT2D eigenvalue weighted by Gasteiger charge is 2.43. The van der Waals surface area contributed by atoms with E-state index in [1.165, 1.54) is 44.9 Å². The molecule has 2 rings (SSSR count). The van der Waals surface area contributed by atoms with Crippen molar-refractivity contribution in [3.05, 3.63) is 0 Å². The van der Waals surface area contributed by atoms with Crippen LogP contribution in [0, 0.1) is 23.7 Å². The molecule has 1 heteroatoms. The van der Waals surface area contributed by atoms with Gasteiger partial charge in [-0.05, 0) is 62.2 Å². The maximum atomic E-state index is 6.72. The Bertz CT molecular complexity index is 228. The molecule has 2 fully saturated rings. The lowest BCUT2D eigenvalue weighted by atomic mass is 9.67. The Labute approximate surface area is 101 Å². The third kappa shape index (κ3) is 2.45. The van der Waals surface area contributed by atoms with Gasteiger partial charge in [-0.2, -0.15) is 0 Å². The van der Waals surface area contributed by atoms with Crippen LogP contribution in [0.4, 0.5) is 0 Å². The highest BCUT2D eigenvalue weighted by molar-refractivity contribution is 5.00. The molecular formula is C15H29N. The maximum Gasteiger partial charge on any atom is 0.0185 e. The van der Waals surface area contributed by atoms with E-state index in [0.29, 0.717) is 0 Å². The minimum atomic E-state index is 0.198. The van der Waals surface area contributed by atoms with E-state index >= 15 is 0 Å². The van der Waals surface area contributed by atoms with Gasteiger partial charge in [0, 0.05) is 5.54 Å². The molecule has 0 spiro atoms. The molecule has 94 valence electrons. The molecule has 2 saturated carbocycles. The molecule has 2 N–H and O–H groups in total. The predicted molar refractivity (Wildman–Crippen MR) is 70.2 cm³/mol. The fourth-order valence-corrected chi connectivity index (χ4v) is 4.35. The summed E-state index contributed by atoms with van der Waals surface area (Å²) in [6, 6.07) is 0. The van der Waals surface area contributed by atoms with Gasteiger partial charge in [-0.25, -0.2) is 0 Å². The van der Waals surface area contributed by atoms with Crippen LogP contribution in [0.1, 0.15) is 65.7 Å². The molecule has 2 aliphatic rings. The second-order valence-electron chi connectivity index (χ2n) is 6.86. The first-order valence-electron chi connectivity index (χ1n) is 7.32. The zero-order valence-electron chi connectivity index (χ0n) is 11.3. The lowest BCUT2D eigenvalue weighted by Crippen LogP contribution is -2.47. The first-order chi connectivity index (χ1) is 7.53. The zero-order valence-corrected chi connectivity index (χ0v) is 11.3. The molecule has 0 aromatic rings. The molecule has 0 aromatic heterocycles. The monoisotopic (exact) mass is 223 g/mol. The largest absolute Gasteiger partial charge is 0.325 e. The zero-order chi connectivity index (χ0) is 11.8. The molecule has 0 saturated heterocycles. The summed E-state index contributed by atoms with van der Waals surface area (Å²) in [4.78, 5) is 0. The van der Waals surface area contributed by atoms with Crippen LogP contribution in [-0.4, -0.2) is 5.54 Å². The molecule has 4 unspecified atom stereocenters. The third-order valence-corrected chi connectivity index (χ3v) is 5.26. The van der Waals surface area contributed by atoms with Crippen molar-refractivity contribution in [1.29, 1.82) is 0 Å². The van der Waals surface area contributed by atoms with Crippen LogP contribution in [-0.2, 0) is 0 Å². The minimum Gasteiger partial charge on any atom is -0.325 e. The van der Waals surface area contributed by atoms with Gasteiger partial charge in [0.2, 0.25) is 0 Å². The number of nitrogens with two attached hydrogens (primary N) is 1. The van der Waals surface area contributed by atoms with Crippen molar-refractivity contribution >= 4 is 0 Å². The van der Waals surface area contributed by atoms with Crippen molar-refractivity contribution in [2.24, 2.45) is 29.4 Å². The van der Waals surface area contributed by atoms with Crippen molar-refractivity contribution in [3.63, 3.8) is 0 Å².